The van der Waals surface area contributed by atoms with E-state index in [-0.39, 0.29) is 17.1 Å². The van der Waals surface area contributed by atoms with Crippen molar-refractivity contribution in [1.29, 1.82) is 0 Å². The second kappa shape index (κ2) is 5.82. The average molecular weight is 376 g/mol. The van der Waals surface area contributed by atoms with Gasteiger partial charge in [-0.15, -0.1) is 0 Å². The molecule has 6 nitrogen and oxygen atoms in total. The maximum atomic E-state index is 11.9. The highest BCUT2D eigenvalue weighted by molar-refractivity contribution is 7.84. The zero-order valence-corrected chi connectivity index (χ0v) is 15.6. The number of hydrogen-bond acceptors (Lipinski definition) is 4. The number of fused-ring (bicyclic) bond motifs is 5. The van der Waals surface area contributed by atoms with E-state index in [9.17, 15) is 13.2 Å². The van der Waals surface area contributed by atoms with E-state index in [0.717, 1.165) is 43.2 Å². The molecule has 0 aliphatic heterocycles. The Balaban J connectivity index is 1.63. The van der Waals surface area contributed by atoms with Crippen LogP contribution in [0.5, 0.6) is 5.75 Å². The van der Waals surface area contributed by atoms with Crippen LogP contribution in [0.1, 0.15) is 49.7 Å². The molecule has 3 unspecified atom stereocenters. The second-order valence-electron chi connectivity index (χ2n) is 8.03. The zero-order valence-electron chi connectivity index (χ0n) is 14.8. The van der Waals surface area contributed by atoms with E-state index < -0.39 is 10.3 Å². The van der Waals surface area contributed by atoms with Crippen LogP contribution in [-0.2, 0) is 21.5 Å². The molecule has 4 atom stereocenters. The Hall–Kier alpha value is -1.86. The summed E-state index contributed by atoms with van der Waals surface area (Å²) >= 11 is 0. The summed E-state index contributed by atoms with van der Waals surface area (Å²) in [5, 5.41) is 4.97. The van der Waals surface area contributed by atoms with Gasteiger partial charge in [0, 0.05) is 11.0 Å². The Morgan fingerprint density at radius 3 is 2.77 bits per heavy atom. The van der Waals surface area contributed by atoms with Crippen LogP contribution in [0.2, 0.25) is 0 Å². The van der Waals surface area contributed by atoms with Gasteiger partial charge in [0.1, 0.15) is 5.75 Å². The van der Waals surface area contributed by atoms with Crippen molar-refractivity contribution in [3.63, 3.8) is 0 Å². The fourth-order valence-corrected chi connectivity index (χ4v) is 6.07. The topological polar surface area (TPSA) is 112 Å². The summed E-state index contributed by atoms with van der Waals surface area (Å²) in [6, 6.07) is 5.46. The van der Waals surface area contributed by atoms with E-state index in [1.807, 2.05) is 12.1 Å². The van der Waals surface area contributed by atoms with Crippen molar-refractivity contribution in [2.45, 2.75) is 44.9 Å². The van der Waals surface area contributed by atoms with Gasteiger partial charge in [0.05, 0.1) is 0 Å². The summed E-state index contributed by atoms with van der Waals surface area (Å²) in [7, 11) is -4.01. The molecule has 4 rings (SSSR count). The summed E-state index contributed by atoms with van der Waals surface area (Å²) in [5.74, 6) is 1.37. The molecule has 0 saturated heterocycles. The van der Waals surface area contributed by atoms with Gasteiger partial charge in [0.25, 0.3) is 0 Å². The first-order chi connectivity index (χ1) is 12.2. The molecule has 1 fully saturated rings. The average Bonchev–Trinajstić information content (AvgIpc) is 2.90. The zero-order chi connectivity index (χ0) is 18.7. The Kier molecular flexibility index (Phi) is 3.93. The van der Waals surface area contributed by atoms with Crippen LogP contribution in [0, 0.1) is 17.3 Å². The predicted molar refractivity (Wildman–Crippen MR) is 97.5 cm³/mol. The minimum Gasteiger partial charge on any atom is -0.371 e. The molecule has 0 bridgehead atoms. The number of hydrogen-bond donors (Lipinski definition) is 2. The van der Waals surface area contributed by atoms with Gasteiger partial charge >= 0.3 is 10.3 Å². The van der Waals surface area contributed by atoms with Crippen molar-refractivity contribution in [2.75, 3.05) is 0 Å². The van der Waals surface area contributed by atoms with Crippen LogP contribution in [0.3, 0.4) is 0 Å². The SMILES string of the molecule is C[C@]12CCC3c4ccc(OS(N)(=O)=O)cc4CCC3C1CC=C2C(N)=O. The number of allylic oxidation sites excluding steroid dienone is 1. The van der Waals surface area contributed by atoms with E-state index in [2.05, 4.69) is 6.92 Å². The summed E-state index contributed by atoms with van der Waals surface area (Å²) in [6.07, 6.45) is 6.81. The molecule has 1 aromatic carbocycles. The molecule has 140 valence electrons. The molecular formula is C19H24N2O4S. The highest BCUT2D eigenvalue weighted by atomic mass is 32.2. The van der Waals surface area contributed by atoms with E-state index in [1.54, 1.807) is 12.1 Å². The summed E-state index contributed by atoms with van der Waals surface area (Å²) in [6.45, 7) is 2.19. The van der Waals surface area contributed by atoms with Crippen molar-refractivity contribution in [1.82, 2.24) is 0 Å². The van der Waals surface area contributed by atoms with Crippen LogP contribution < -0.4 is 15.1 Å². The first-order valence-corrected chi connectivity index (χ1v) is 10.5. The van der Waals surface area contributed by atoms with Crippen molar-refractivity contribution in [2.24, 2.45) is 28.1 Å². The van der Waals surface area contributed by atoms with Crippen molar-refractivity contribution < 1.29 is 17.4 Å². The summed E-state index contributed by atoms with van der Waals surface area (Å²) in [4.78, 5) is 11.9. The molecule has 0 spiro atoms. The molecule has 1 saturated carbocycles. The molecule has 26 heavy (non-hydrogen) atoms. The van der Waals surface area contributed by atoms with Gasteiger partial charge in [-0.25, -0.2) is 0 Å². The lowest BCUT2D eigenvalue weighted by atomic mass is 9.54. The van der Waals surface area contributed by atoms with Crippen LogP contribution in [-0.4, -0.2) is 14.3 Å². The van der Waals surface area contributed by atoms with Crippen LogP contribution >= 0.6 is 0 Å². The molecular weight excluding hydrogens is 352 g/mol. The predicted octanol–water partition coefficient (Wildman–Crippen LogP) is 2.15. The van der Waals surface area contributed by atoms with Gasteiger partial charge in [-0.05, 0) is 73.1 Å². The molecule has 3 aliphatic carbocycles. The largest absolute Gasteiger partial charge is 0.380 e. The minimum atomic E-state index is -4.01. The maximum Gasteiger partial charge on any atom is 0.380 e. The molecule has 1 aromatic rings. The highest BCUT2D eigenvalue weighted by Crippen LogP contribution is 2.61. The molecule has 0 aromatic heterocycles. The Bertz CT molecular complexity index is 908. The Morgan fingerprint density at radius 1 is 1.31 bits per heavy atom. The standard InChI is InChI=1S/C19H24N2O4S/c1-19-9-8-14-13-5-3-12(25-26(21,23)24)10-11(13)2-4-15(14)16(19)6-7-17(19)18(20)22/h3,5,7,10,14-16H,2,4,6,8-9H2,1H3,(H2,20,22)(H2,21,23,24)/t14?,15?,16?,19-/m0/s1. The molecule has 1 amide bonds. The normalized spacial score (nSPS) is 32.8. The monoisotopic (exact) mass is 376 g/mol. The first kappa shape index (κ1) is 17.5. The Labute approximate surface area is 153 Å². The van der Waals surface area contributed by atoms with Gasteiger partial charge < -0.3 is 9.92 Å². The lowest BCUT2D eigenvalue weighted by Gasteiger charge is -2.50. The quantitative estimate of drug-likeness (QED) is 0.841. The first-order valence-electron chi connectivity index (χ1n) is 9.04. The number of benzene rings is 1. The van der Waals surface area contributed by atoms with E-state index in [4.69, 9.17) is 15.1 Å². The maximum absolute atomic E-state index is 11.9. The number of amides is 1. The van der Waals surface area contributed by atoms with Gasteiger partial charge in [0.15, 0.2) is 0 Å². The van der Waals surface area contributed by atoms with Crippen LogP contribution in [0.4, 0.5) is 0 Å². The third kappa shape index (κ3) is 2.74. The fraction of sp³-hybridized carbons (Fsp3) is 0.526. The van der Waals surface area contributed by atoms with Gasteiger partial charge in [-0.1, -0.05) is 19.1 Å². The molecule has 7 heteroatoms. The lowest BCUT2D eigenvalue weighted by molar-refractivity contribution is -0.116. The number of primary amides is 1. The van der Waals surface area contributed by atoms with Gasteiger partial charge in [-0.2, -0.15) is 13.6 Å². The smallest absolute Gasteiger partial charge is 0.371 e. The van der Waals surface area contributed by atoms with Crippen molar-refractivity contribution in [3.8, 4) is 5.75 Å². The van der Waals surface area contributed by atoms with E-state index in [1.165, 1.54) is 5.56 Å². The van der Waals surface area contributed by atoms with Gasteiger partial charge in [0.2, 0.25) is 5.91 Å². The van der Waals surface area contributed by atoms with Crippen molar-refractivity contribution in [3.05, 3.63) is 41.0 Å². The summed E-state index contributed by atoms with van der Waals surface area (Å²) in [5.41, 5.74) is 8.73. The van der Waals surface area contributed by atoms with Gasteiger partial charge in [-0.3, -0.25) is 4.79 Å². The number of rotatable bonds is 3. The van der Waals surface area contributed by atoms with Crippen LogP contribution in [0.25, 0.3) is 0 Å². The van der Waals surface area contributed by atoms with Crippen molar-refractivity contribution >= 4 is 16.2 Å². The Morgan fingerprint density at radius 2 is 2.08 bits per heavy atom. The number of carbonyl (C=O) groups excluding carboxylic acids is 1. The number of aryl methyl sites for hydroxylation is 1. The molecule has 0 heterocycles. The fourth-order valence-electron chi connectivity index (χ4n) is 5.69. The number of carbonyl (C=O) groups is 1. The highest BCUT2D eigenvalue weighted by Gasteiger charge is 2.52. The van der Waals surface area contributed by atoms with E-state index >= 15 is 0 Å². The minimum absolute atomic E-state index is 0.110. The molecule has 0 radical (unpaired) electrons. The van der Waals surface area contributed by atoms with E-state index in [0.29, 0.717) is 17.8 Å². The molecule has 3 aliphatic rings. The summed E-state index contributed by atoms with van der Waals surface area (Å²) < 4.78 is 27.1. The van der Waals surface area contributed by atoms with Crippen LogP contribution in [0.15, 0.2) is 29.8 Å². The lowest BCUT2D eigenvalue weighted by Crippen LogP contribution is -2.43. The number of nitrogens with two attached hydrogens (primary N) is 2. The third-order valence-corrected chi connectivity index (χ3v) is 7.18. The second-order valence-corrected chi connectivity index (χ2v) is 9.18. The molecule has 4 N–H and O–H groups in total. The third-order valence-electron chi connectivity index (χ3n) is 6.76.